The molecule has 0 amide bonds. The fraction of sp³-hybridized carbons (Fsp3) is 0.227. The molecule has 3 rings (SSSR count). The van der Waals surface area contributed by atoms with Gasteiger partial charge in [0, 0.05) is 14.9 Å². The number of halogens is 2. The lowest BCUT2D eigenvalue weighted by Gasteiger charge is -2.26. The average Bonchev–Trinajstić information content (AvgIpc) is 2.75. The van der Waals surface area contributed by atoms with Crippen LogP contribution in [0.4, 0.5) is 5.69 Å². The van der Waals surface area contributed by atoms with Crippen molar-refractivity contribution in [1.29, 1.82) is 0 Å². The Bertz CT molecular complexity index is 1080. The molecule has 0 aromatic heterocycles. The lowest BCUT2D eigenvalue weighted by atomic mass is 10.1. The summed E-state index contributed by atoms with van der Waals surface area (Å²) in [5.41, 5.74) is 0.852. The lowest BCUT2D eigenvalue weighted by Crippen LogP contribution is -2.33. The van der Waals surface area contributed by atoms with Crippen molar-refractivity contribution >= 4 is 69.7 Å². The van der Waals surface area contributed by atoms with Gasteiger partial charge in [-0.1, -0.05) is 63.9 Å². The second-order valence-corrected chi connectivity index (χ2v) is 10.4. The van der Waals surface area contributed by atoms with Gasteiger partial charge >= 0.3 is 5.97 Å². The number of hydrogen-bond acceptors (Lipinski definition) is 4. The van der Waals surface area contributed by atoms with E-state index in [-0.39, 0.29) is 14.7 Å². The Morgan fingerprint density at radius 2 is 1.97 bits per heavy atom. The van der Waals surface area contributed by atoms with Crippen molar-refractivity contribution in [2.24, 2.45) is 0 Å². The van der Waals surface area contributed by atoms with Crippen LogP contribution in [-0.4, -0.2) is 29.1 Å². The molecule has 5 nitrogen and oxygen atoms in total. The standard InChI is InChI=1S/C22H23BrClN2O3PS/c1-3-29-22(27)15(2)25-30-14-26(31(28)19-12-17(23)11-18(24)13-19)21-10-6-8-16-7-4-5-9-20(16)21/h4-13,15,25,30H,3,14H2,1-2H3/t15-,31?/m0/s1. The van der Waals surface area contributed by atoms with Crippen LogP contribution in [0, 0.1) is 0 Å². The zero-order chi connectivity index (χ0) is 22.4. The van der Waals surface area contributed by atoms with Crippen molar-refractivity contribution in [2.45, 2.75) is 24.8 Å². The quantitative estimate of drug-likeness (QED) is 0.272. The number of anilines is 1. The van der Waals surface area contributed by atoms with Gasteiger partial charge in [0.1, 0.15) is 6.04 Å². The maximum Gasteiger partial charge on any atom is 0.323 e. The molecule has 0 aliphatic carbocycles. The van der Waals surface area contributed by atoms with Crippen LogP contribution in [0.25, 0.3) is 10.8 Å². The van der Waals surface area contributed by atoms with Gasteiger partial charge in [-0.15, -0.1) is 0 Å². The monoisotopic (exact) mass is 540 g/mol. The minimum atomic E-state index is -1.51. The summed E-state index contributed by atoms with van der Waals surface area (Å²) in [6.07, 6.45) is 0.439. The predicted molar refractivity (Wildman–Crippen MR) is 134 cm³/mol. The SMILES string of the molecule is CCOC(=O)[C@H](C)NPCN(c1cccc2ccccc12)S(=O)c1cc(Cl)cc(Br)c1. The van der Waals surface area contributed by atoms with E-state index in [4.69, 9.17) is 16.3 Å². The number of carbonyl (C=O) groups is 1. The number of ether oxygens (including phenoxy) is 1. The normalized spacial score (nSPS) is 13.4. The van der Waals surface area contributed by atoms with Crippen LogP contribution in [0.1, 0.15) is 13.8 Å². The van der Waals surface area contributed by atoms with E-state index in [1.54, 1.807) is 32.0 Å². The van der Waals surface area contributed by atoms with E-state index < -0.39 is 17.0 Å². The van der Waals surface area contributed by atoms with Gasteiger partial charge in [0.2, 0.25) is 0 Å². The number of fused-ring (bicyclic) bond motifs is 1. The Morgan fingerprint density at radius 3 is 2.71 bits per heavy atom. The summed E-state index contributed by atoms with van der Waals surface area (Å²) < 4.78 is 21.3. The number of rotatable bonds is 9. The summed E-state index contributed by atoms with van der Waals surface area (Å²) in [5.74, 6) is -0.299. The highest BCUT2D eigenvalue weighted by atomic mass is 79.9. The summed E-state index contributed by atoms with van der Waals surface area (Å²) in [5, 5.41) is 5.76. The van der Waals surface area contributed by atoms with Crippen molar-refractivity contribution in [3.63, 3.8) is 0 Å². The summed E-state index contributed by atoms with van der Waals surface area (Å²) in [6.45, 7) is 3.88. The highest BCUT2D eigenvalue weighted by Gasteiger charge is 2.20. The molecule has 164 valence electrons. The predicted octanol–water partition coefficient (Wildman–Crippen LogP) is 5.88. The van der Waals surface area contributed by atoms with E-state index in [9.17, 15) is 9.00 Å². The Kier molecular flexibility index (Phi) is 8.87. The largest absolute Gasteiger partial charge is 0.465 e. The van der Waals surface area contributed by atoms with Gasteiger partial charge in [0.25, 0.3) is 0 Å². The Morgan fingerprint density at radius 1 is 1.23 bits per heavy atom. The van der Waals surface area contributed by atoms with Crippen LogP contribution >= 0.6 is 36.3 Å². The highest BCUT2D eigenvalue weighted by Crippen LogP contribution is 2.32. The molecule has 3 aromatic rings. The lowest BCUT2D eigenvalue weighted by molar-refractivity contribution is -0.144. The Hall–Kier alpha value is -1.50. The smallest absolute Gasteiger partial charge is 0.323 e. The molecule has 3 atom stereocenters. The van der Waals surface area contributed by atoms with Crippen LogP contribution in [-0.2, 0) is 20.5 Å². The van der Waals surface area contributed by atoms with Crippen LogP contribution in [0.15, 0.2) is 70.0 Å². The van der Waals surface area contributed by atoms with E-state index in [0.717, 1.165) is 20.9 Å². The zero-order valence-corrected chi connectivity index (χ0v) is 21.3. The number of hydrogen-bond donors (Lipinski definition) is 1. The summed E-state index contributed by atoms with van der Waals surface area (Å²) in [7, 11) is -1.35. The number of nitrogens with zero attached hydrogens (tertiary/aromatic N) is 1. The molecule has 0 saturated carbocycles. The van der Waals surface area contributed by atoms with Gasteiger partial charge in [-0.2, -0.15) is 0 Å². The summed E-state index contributed by atoms with van der Waals surface area (Å²) >= 11 is 9.63. The van der Waals surface area contributed by atoms with Crippen LogP contribution < -0.4 is 9.39 Å². The molecule has 0 bridgehead atoms. The third kappa shape index (κ3) is 6.27. The molecule has 9 heteroatoms. The van der Waals surface area contributed by atoms with Crippen molar-refractivity contribution in [3.05, 3.63) is 70.2 Å². The van der Waals surface area contributed by atoms with Crippen molar-refractivity contribution in [3.8, 4) is 0 Å². The second kappa shape index (κ2) is 11.4. The second-order valence-electron chi connectivity index (χ2n) is 6.68. The molecular formula is C22H23BrClN2O3PS. The molecule has 0 aliphatic heterocycles. The zero-order valence-electron chi connectivity index (χ0n) is 17.1. The van der Waals surface area contributed by atoms with Crippen molar-refractivity contribution < 1.29 is 13.7 Å². The topological polar surface area (TPSA) is 58.6 Å². The van der Waals surface area contributed by atoms with Gasteiger partial charge in [0.05, 0.1) is 23.5 Å². The van der Waals surface area contributed by atoms with Gasteiger partial charge < -0.3 is 4.74 Å². The number of benzene rings is 3. The summed E-state index contributed by atoms with van der Waals surface area (Å²) in [6, 6.07) is 18.7. The van der Waals surface area contributed by atoms with Gasteiger partial charge in [-0.25, -0.2) is 4.21 Å². The number of carbonyl (C=O) groups excluding carboxylic acids is 1. The Balaban J connectivity index is 1.92. The number of esters is 1. The van der Waals surface area contributed by atoms with E-state index in [1.807, 2.05) is 46.8 Å². The average molecular weight is 542 g/mol. The Labute approximate surface area is 200 Å². The molecule has 0 saturated heterocycles. The van der Waals surface area contributed by atoms with Crippen LogP contribution in [0.5, 0.6) is 0 Å². The first kappa shape index (κ1) is 24.1. The minimum Gasteiger partial charge on any atom is -0.465 e. The molecule has 0 spiro atoms. The molecule has 0 aliphatic rings. The van der Waals surface area contributed by atoms with Gasteiger partial charge in [0.15, 0.2) is 11.0 Å². The molecule has 31 heavy (non-hydrogen) atoms. The van der Waals surface area contributed by atoms with Crippen LogP contribution in [0.2, 0.25) is 5.02 Å². The molecule has 2 unspecified atom stereocenters. The highest BCUT2D eigenvalue weighted by molar-refractivity contribution is 9.10. The van der Waals surface area contributed by atoms with Crippen LogP contribution in [0.3, 0.4) is 0 Å². The third-order valence-electron chi connectivity index (χ3n) is 4.45. The first-order valence-electron chi connectivity index (χ1n) is 9.69. The van der Waals surface area contributed by atoms with E-state index in [2.05, 4.69) is 21.0 Å². The van der Waals surface area contributed by atoms with Gasteiger partial charge in [-0.3, -0.25) is 14.2 Å². The minimum absolute atomic E-state index is 0.156. The van der Waals surface area contributed by atoms with Crippen molar-refractivity contribution in [2.75, 3.05) is 17.2 Å². The molecular weight excluding hydrogens is 519 g/mol. The van der Waals surface area contributed by atoms with E-state index in [0.29, 0.717) is 22.8 Å². The molecule has 0 heterocycles. The first-order valence-corrected chi connectivity index (χ1v) is 13.2. The molecule has 3 aromatic carbocycles. The van der Waals surface area contributed by atoms with E-state index in [1.165, 1.54) is 0 Å². The van der Waals surface area contributed by atoms with Gasteiger partial charge in [-0.05, 0) is 52.2 Å². The summed E-state index contributed by atoms with van der Waals surface area (Å²) in [4.78, 5) is 12.5. The van der Waals surface area contributed by atoms with E-state index >= 15 is 0 Å². The van der Waals surface area contributed by atoms with Crippen molar-refractivity contribution in [1.82, 2.24) is 5.09 Å². The molecule has 1 N–H and O–H groups in total. The maximum absolute atomic E-state index is 13.6. The molecule has 0 fully saturated rings. The third-order valence-corrected chi connectivity index (χ3v) is 7.84. The number of nitrogens with one attached hydrogen (secondary N) is 1. The molecule has 0 radical (unpaired) electrons. The fourth-order valence-corrected chi connectivity index (χ4v) is 6.63. The fourth-order valence-electron chi connectivity index (χ4n) is 3.01. The maximum atomic E-state index is 13.6. The first-order chi connectivity index (χ1) is 14.9.